The number of aryl methyl sites for hydroxylation is 2. The number of hydrogen-bond donors (Lipinski definition) is 1. The van der Waals surface area contributed by atoms with Crippen molar-refractivity contribution in [3.05, 3.63) is 16.4 Å². The fourth-order valence-electron chi connectivity index (χ4n) is 0.517. The first-order valence-corrected chi connectivity index (χ1v) is 5.88. The molecule has 16 heavy (non-hydrogen) atoms. The molecular formula is C6H8BrF3N2O3S. The van der Waals surface area contributed by atoms with Gasteiger partial charge in [0.2, 0.25) is 0 Å². The van der Waals surface area contributed by atoms with E-state index in [-0.39, 0.29) is 0 Å². The Kier molecular flexibility index (Phi) is 4.95. The number of nitrogens with zero attached hydrogens (tertiary/aromatic N) is 2. The zero-order valence-electron chi connectivity index (χ0n) is 8.16. The number of halogens is 4. The van der Waals surface area contributed by atoms with Crippen molar-refractivity contribution in [1.82, 2.24) is 9.78 Å². The lowest BCUT2D eigenvalue weighted by atomic mass is 10.5. The summed E-state index contributed by atoms with van der Waals surface area (Å²) >= 11 is 3.25. The van der Waals surface area contributed by atoms with Crippen LogP contribution in [0.4, 0.5) is 13.2 Å². The maximum absolute atomic E-state index is 10.7. The minimum absolute atomic E-state index is 0.900. The van der Waals surface area contributed by atoms with Gasteiger partial charge in [-0.25, -0.2) is 0 Å². The summed E-state index contributed by atoms with van der Waals surface area (Å²) in [4.78, 5) is 0. The Morgan fingerprint density at radius 3 is 1.94 bits per heavy atom. The van der Waals surface area contributed by atoms with Crippen molar-refractivity contribution in [2.24, 2.45) is 7.05 Å². The van der Waals surface area contributed by atoms with Crippen molar-refractivity contribution in [2.75, 3.05) is 0 Å². The Morgan fingerprint density at radius 2 is 1.88 bits per heavy atom. The number of rotatable bonds is 0. The maximum Gasteiger partial charge on any atom is 0.522 e. The highest BCUT2D eigenvalue weighted by Gasteiger charge is 2.44. The highest BCUT2D eigenvalue weighted by Crippen LogP contribution is 2.20. The third kappa shape index (κ3) is 4.94. The molecule has 0 unspecified atom stereocenters. The van der Waals surface area contributed by atoms with Crippen LogP contribution in [0.3, 0.4) is 0 Å². The predicted molar refractivity (Wildman–Crippen MR) is 53.2 cm³/mol. The molecule has 0 amide bonds. The van der Waals surface area contributed by atoms with Crippen molar-refractivity contribution >= 4 is 26.0 Å². The SMILES string of the molecule is Cc1cc(Br)nn1C.O=S(=O)(O)C(F)(F)F. The Balaban J connectivity index is 0.000000281. The van der Waals surface area contributed by atoms with Gasteiger partial charge in [0.1, 0.15) is 4.60 Å². The van der Waals surface area contributed by atoms with E-state index < -0.39 is 15.6 Å². The van der Waals surface area contributed by atoms with E-state index in [1.54, 1.807) is 0 Å². The zero-order valence-corrected chi connectivity index (χ0v) is 10.6. The third-order valence-corrected chi connectivity index (χ3v) is 2.35. The summed E-state index contributed by atoms with van der Waals surface area (Å²) in [5.74, 6) is 0. The lowest BCUT2D eigenvalue weighted by Crippen LogP contribution is -2.21. The molecule has 0 fully saturated rings. The standard InChI is InChI=1S/C5H7BrN2.CHF3O3S/c1-4-3-5(6)7-8(4)2;2-1(3,4)8(5,6)7/h3H,1-2H3;(H,5,6,7). The van der Waals surface area contributed by atoms with Gasteiger partial charge < -0.3 is 0 Å². The van der Waals surface area contributed by atoms with E-state index in [4.69, 9.17) is 13.0 Å². The largest absolute Gasteiger partial charge is 0.522 e. The van der Waals surface area contributed by atoms with Crippen LogP contribution in [0.15, 0.2) is 10.7 Å². The fraction of sp³-hybridized carbons (Fsp3) is 0.500. The van der Waals surface area contributed by atoms with Gasteiger partial charge in [-0.05, 0) is 28.9 Å². The Morgan fingerprint density at radius 1 is 1.50 bits per heavy atom. The molecule has 1 rings (SSSR count). The minimum atomic E-state index is -5.84. The van der Waals surface area contributed by atoms with Crippen LogP contribution in [-0.4, -0.2) is 28.3 Å². The van der Waals surface area contributed by atoms with Crippen LogP contribution in [-0.2, 0) is 17.2 Å². The van der Waals surface area contributed by atoms with Crippen LogP contribution < -0.4 is 0 Å². The highest BCUT2D eigenvalue weighted by molar-refractivity contribution is 9.10. The molecule has 0 aliphatic carbocycles. The molecule has 5 nitrogen and oxygen atoms in total. The van der Waals surface area contributed by atoms with Crippen LogP contribution in [0.1, 0.15) is 5.69 Å². The van der Waals surface area contributed by atoms with E-state index in [2.05, 4.69) is 21.0 Å². The molecule has 0 saturated heterocycles. The van der Waals surface area contributed by atoms with Crippen LogP contribution in [0, 0.1) is 6.92 Å². The van der Waals surface area contributed by atoms with Gasteiger partial charge in [0, 0.05) is 12.7 Å². The zero-order chi connectivity index (χ0) is 13.1. The van der Waals surface area contributed by atoms with Crippen molar-refractivity contribution in [2.45, 2.75) is 12.4 Å². The second-order valence-corrected chi connectivity index (χ2v) is 4.88. The molecule has 0 aromatic carbocycles. The second-order valence-electron chi connectivity index (χ2n) is 2.65. The molecule has 0 saturated carbocycles. The van der Waals surface area contributed by atoms with Gasteiger partial charge in [-0.15, -0.1) is 0 Å². The Labute approximate surface area is 98.1 Å². The van der Waals surface area contributed by atoms with Gasteiger partial charge in [-0.1, -0.05) is 0 Å². The summed E-state index contributed by atoms with van der Waals surface area (Å²) in [6, 6.07) is 1.97. The van der Waals surface area contributed by atoms with Crippen LogP contribution in [0.2, 0.25) is 0 Å². The lowest BCUT2D eigenvalue weighted by molar-refractivity contribution is -0.0510. The molecule has 0 bridgehead atoms. The summed E-state index contributed by atoms with van der Waals surface area (Å²) in [6.45, 7) is 2.01. The summed E-state index contributed by atoms with van der Waals surface area (Å²) in [5.41, 5.74) is -4.37. The van der Waals surface area contributed by atoms with E-state index in [0.717, 1.165) is 10.3 Å². The van der Waals surface area contributed by atoms with Gasteiger partial charge in [-0.3, -0.25) is 9.23 Å². The molecule has 0 radical (unpaired) electrons. The molecule has 1 heterocycles. The third-order valence-electron chi connectivity index (χ3n) is 1.38. The van der Waals surface area contributed by atoms with Crippen LogP contribution in [0.25, 0.3) is 0 Å². The second kappa shape index (κ2) is 5.15. The van der Waals surface area contributed by atoms with Gasteiger partial charge in [0.25, 0.3) is 0 Å². The van der Waals surface area contributed by atoms with Gasteiger partial charge in [0.15, 0.2) is 0 Å². The lowest BCUT2D eigenvalue weighted by Gasteiger charge is -1.97. The van der Waals surface area contributed by atoms with E-state index in [1.807, 2.05) is 24.7 Å². The Bertz CT molecular complexity index is 435. The van der Waals surface area contributed by atoms with E-state index in [1.165, 1.54) is 0 Å². The predicted octanol–water partition coefficient (Wildman–Crippen LogP) is 1.89. The van der Waals surface area contributed by atoms with Gasteiger partial charge in [0.05, 0.1) is 0 Å². The molecule has 1 aromatic rings. The minimum Gasteiger partial charge on any atom is -0.279 e. The average Bonchev–Trinajstić information content (AvgIpc) is 2.26. The first-order chi connectivity index (χ1) is 6.95. The fourth-order valence-corrected chi connectivity index (χ4v) is 1.09. The monoisotopic (exact) mass is 324 g/mol. The summed E-state index contributed by atoms with van der Waals surface area (Å²) in [5, 5.41) is 4.04. The quantitative estimate of drug-likeness (QED) is 0.584. The number of alkyl halides is 3. The summed E-state index contributed by atoms with van der Waals surface area (Å²) in [6.07, 6.45) is 0. The van der Waals surface area contributed by atoms with Crippen LogP contribution >= 0.6 is 15.9 Å². The van der Waals surface area contributed by atoms with Crippen molar-refractivity contribution < 1.29 is 26.1 Å². The first kappa shape index (κ1) is 15.4. The molecule has 0 atom stereocenters. The molecule has 0 aliphatic heterocycles. The van der Waals surface area contributed by atoms with E-state index in [9.17, 15) is 13.2 Å². The van der Waals surface area contributed by atoms with Crippen LogP contribution in [0.5, 0.6) is 0 Å². The summed E-state index contributed by atoms with van der Waals surface area (Å²) in [7, 11) is -3.92. The van der Waals surface area contributed by atoms with E-state index in [0.29, 0.717) is 0 Å². The van der Waals surface area contributed by atoms with Gasteiger partial charge >= 0.3 is 15.6 Å². The molecule has 0 aliphatic rings. The van der Waals surface area contributed by atoms with Crippen molar-refractivity contribution in [3.63, 3.8) is 0 Å². The Hall–Kier alpha value is -0.610. The molecular weight excluding hydrogens is 317 g/mol. The number of aromatic nitrogens is 2. The normalized spacial score (nSPS) is 11.9. The van der Waals surface area contributed by atoms with Crippen molar-refractivity contribution in [1.29, 1.82) is 0 Å². The smallest absolute Gasteiger partial charge is 0.279 e. The van der Waals surface area contributed by atoms with Gasteiger partial charge in [-0.2, -0.15) is 26.7 Å². The maximum atomic E-state index is 10.7. The molecule has 0 spiro atoms. The molecule has 10 heteroatoms. The molecule has 1 aromatic heterocycles. The average molecular weight is 325 g/mol. The van der Waals surface area contributed by atoms with E-state index >= 15 is 0 Å². The first-order valence-electron chi connectivity index (χ1n) is 3.65. The van der Waals surface area contributed by atoms with Crippen molar-refractivity contribution in [3.8, 4) is 0 Å². The number of hydrogen-bond acceptors (Lipinski definition) is 3. The highest BCUT2D eigenvalue weighted by atomic mass is 79.9. The molecule has 1 N–H and O–H groups in total. The topological polar surface area (TPSA) is 72.2 Å². The summed E-state index contributed by atoms with van der Waals surface area (Å²) < 4.78 is 60.3. The molecule has 94 valence electrons.